The van der Waals surface area contributed by atoms with Crippen LogP contribution in [0.4, 0.5) is 4.39 Å². The van der Waals surface area contributed by atoms with Crippen LogP contribution in [0.25, 0.3) is 0 Å². The number of aromatic nitrogens is 1. The van der Waals surface area contributed by atoms with E-state index in [0.717, 1.165) is 0 Å². The Hall–Kier alpha value is -2.10. The van der Waals surface area contributed by atoms with E-state index in [0.29, 0.717) is 38.6 Å². The molecule has 2 atom stereocenters. The van der Waals surface area contributed by atoms with Crippen LogP contribution in [0.1, 0.15) is 36.9 Å². The summed E-state index contributed by atoms with van der Waals surface area (Å²) in [6, 6.07) is 3.57. The number of allylic oxidation sites excluding steroid dienone is 1. The van der Waals surface area contributed by atoms with Crippen LogP contribution in [0, 0.1) is 11.7 Å². The fourth-order valence-electron chi connectivity index (χ4n) is 3.02. The highest BCUT2D eigenvalue weighted by molar-refractivity contribution is 9.10. The van der Waals surface area contributed by atoms with Gasteiger partial charge in [-0.25, -0.2) is 14.2 Å². The van der Waals surface area contributed by atoms with Crippen molar-refractivity contribution in [3.8, 4) is 0 Å². The molecule has 0 spiro atoms. The van der Waals surface area contributed by atoms with Gasteiger partial charge in [-0.05, 0) is 37.0 Å². The lowest BCUT2D eigenvalue weighted by molar-refractivity contribution is -0.139. The number of esters is 1. The Labute approximate surface area is 180 Å². The molecule has 0 amide bonds. The Balaban J connectivity index is 2.17. The van der Waals surface area contributed by atoms with Crippen LogP contribution in [-0.2, 0) is 9.53 Å². The number of amidine groups is 1. The minimum Gasteiger partial charge on any atom is -0.463 e. The number of nitrogens with zero attached hydrogens (tertiary/aromatic N) is 2. The Morgan fingerprint density at radius 2 is 2.28 bits per heavy atom. The molecular weight excluding hydrogens is 461 g/mol. The maximum Gasteiger partial charge on any atom is 0.338 e. The summed E-state index contributed by atoms with van der Waals surface area (Å²) in [5.74, 6) is -0.456. The Kier molecular flexibility index (Phi) is 7.15. The Morgan fingerprint density at radius 1 is 1.48 bits per heavy atom. The number of hydrogen-bond donors (Lipinski definition) is 2. The van der Waals surface area contributed by atoms with E-state index >= 15 is 0 Å². The molecule has 154 valence electrons. The fraction of sp³-hybridized carbons (Fsp3) is 0.350. The third-order valence-electron chi connectivity index (χ3n) is 4.38. The smallest absolute Gasteiger partial charge is 0.338 e. The molecule has 2 aromatic rings. The molecule has 6 nitrogen and oxygen atoms in total. The number of halogens is 2. The van der Waals surface area contributed by atoms with E-state index in [1.54, 1.807) is 19.2 Å². The molecule has 0 fully saturated rings. The van der Waals surface area contributed by atoms with Gasteiger partial charge in [0, 0.05) is 28.4 Å². The third-order valence-corrected chi connectivity index (χ3v) is 5.84. The van der Waals surface area contributed by atoms with E-state index < -0.39 is 17.8 Å². The van der Waals surface area contributed by atoms with Crippen molar-refractivity contribution in [2.24, 2.45) is 10.9 Å². The van der Waals surface area contributed by atoms with Gasteiger partial charge in [-0.15, -0.1) is 11.3 Å². The highest BCUT2D eigenvalue weighted by atomic mass is 79.9. The summed E-state index contributed by atoms with van der Waals surface area (Å²) in [6.07, 6.45) is 2.10. The maximum atomic E-state index is 13.7. The van der Waals surface area contributed by atoms with Gasteiger partial charge in [0.25, 0.3) is 0 Å². The molecule has 0 saturated heterocycles. The highest BCUT2D eigenvalue weighted by Crippen LogP contribution is 2.38. The van der Waals surface area contributed by atoms with Crippen LogP contribution >= 0.6 is 27.3 Å². The summed E-state index contributed by atoms with van der Waals surface area (Å²) in [5, 5.41) is 15.3. The average Bonchev–Trinajstić information content (AvgIpc) is 3.22. The van der Waals surface area contributed by atoms with Crippen molar-refractivity contribution in [2.75, 3.05) is 13.2 Å². The van der Waals surface area contributed by atoms with Crippen LogP contribution in [-0.4, -0.2) is 35.1 Å². The first-order valence-corrected chi connectivity index (χ1v) is 10.8. The zero-order valence-electron chi connectivity index (χ0n) is 16.0. The predicted octanol–water partition coefficient (Wildman–Crippen LogP) is 3.97. The number of thiazole rings is 1. The van der Waals surface area contributed by atoms with Crippen molar-refractivity contribution >= 4 is 39.1 Å². The van der Waals surface area contributed by atoms with Gasteiger partial charge in [0.1, 0.15) is 11.9 Å². The number of ether oxygens (including phenoxy) is 1. The van der Waals surface area contributed by atoms with E-state index in [4.69, 9.17) is 9.73 Å². The first-order valence-electron chi connectivity index (χ1n) is 9.15. The van der Waals surface area contributed by atoms with Gasteiger partial charge in [0.2, 0.25) is 0 Å². The molecule has 3 rings (SSSR count). The Morgan fingerprint density at radius 3 is 2.90 bits per heavy atom. The standard InChI is InChI=1S/C20H21BrFN3O3S/c1-3-28-20(27)16-15(8-11(2)10-26)24-18(19-23-6-7-29-19)25-17(16)13-5-4-12(22)9-14(13)21/h4-7,9,11,17,26H,3,8,10H2,1-2H3,(H,24,25)/t11?,17-/m0/s1. The molecular formula is C20H21BrFN3O3S. The summed E-state index contributed by atoms with van der Waals surface area (Å²) in [7, 11) is 0. The number of hydrogen-bond acceptors (Lipinski definition) is 7. The SMILES string of the molecule is CCOC(=O)C1=C(CC(C)CO)NC(c2nccs2)=N[C@H]1c1ccc(F)cc1Br. The summed E-state index contributed by atoms with van der Waals surface area (Å²) in [4.78, 5) is 21.9. The normalized spacial score (nSPS) is 17.6. The van der Waals surface area contributed by atoms with Crippen molar-refractivity contribution in [1.82, 2.24) is 10.3 Å². The lowest BCUT2D eigenvalue weighted by Gasteiger charge is -2.28. The maximum absolute atomic E-state index is 13.7. The number of rotatable bonds is 7. The quantitative estimate of drug-likeness (QED) is 0.584. The number of nitrogens with one attached hydrogen (secondary N) is 1. The van der Waals surface area contributed by atoms with E-state index in [2.05, 4.69) is 26.2 Å². The number of aliphatic hydroxyl groups excluding tert-OH is 1. The summed E-state index contributed by atoms with van der Waals surface area (Å²) >= 11 is 4.81. The molecule has 0 aliphatic carbocycles. The fourth-order valence-corrected chi connectivity index (χ4v) is 4.17. The number of benzene rings is 1. The van der Waals surface area contributed by atoms with Crippen molar-refractivity contribution in [3.05, 3.63) is 61.9 Å². The van der Waals surface area contributed by atoms with Crippen LogP contribution in [0.5, 0.6) is 0 Å². The predicted molar refractivity (Wildman–Crippen MR) is 113 cm³/mol. The number of carbonyl (C=O) groups is 1. The average molecular weight is 482 g/mol. The topological polar surface area (TPSA) is 83.8 Å². The first kappa shape index (κ1) is 21.6. The molecule has 0 bridgehead atoms. The molecule has 1 aliphatic rings. The van der Waals surface area contributed by atoms with Gasteiger partial charge in [-0.1, -0.05) is 28.9 Å². The van der Waals surface area contributed by atoms with Crippen LogP contribution in [0.15, 0.2) is 50.5 Å². The van der Waals surface area contributed by atoms with Crippen LogP contribution < -0.4 is 5.32 Å². The van der Waals surface area contributed by atoms with E-state index in [9.17, 15) is 14.3 Å². The van der Waals surface area contributed by atoms with Crippen LogP contribution in [0.3, 0.4) is 0 Å². The zero-order chi connectivity index (χ0) is 21.0. The second kappa shape index (κ2) is 9.60. The molecule has 1 aliphatic heterocycles. The largest absolute Gasteiger partial charge is 0.463 e. The van der Waals surface area contributed by atoms with Crippen molar-refractivity contribution in [2.45, 2.75) is 26.3 Å². The number of aliphatic imine (C=N–C) groups is 1. The minimum absolute atomic E-state index is 0.0318. The summed E-state index contributed by atoms with van der Waals surface area (Å²) < 4.78 is 19.5. The van der Waals surface area contributed by atoms with Crippen molar-refractivity contribution < 1.29 is 19.0 Å². The van der Waals surface area contributed by atoms with E-state index in [-0.39, 0.29) is 19.1 Å². The lowest BCUT2D eigenvalue weighted by atomic mass is 9.92. The lowest BCUT2D eigenvalue weighted by Crippen LogP contribution is -2.35. The van der Waals surface area contributed by atoms with Gasteiger partial charge in [-0.2, -0.15) is 0 Å². The third kappa shape index (κ3) is 4.91. The molecule has 2 heterocycles. The number of aliphatic hydroxyl groups is 1. The summed E-state index contributed by atoms with van der Waals surface area (Å²) in [5.41, 5.74) is 1.60. The van der Waals surface area contributed by atoms with Crippen molar-refractivity contribution in [1.29, 1.82) is 0 Å². The monoisotopic (exact) mass is 481 g/mol. The minimum atomic E-state index is -0.704. The molecule has 1 aromatic carbocycles. The molecule has 1 aromatic heterocycles. The van der Waals surface area contributed by atoms with Crippen LogP contribution in [0.2, 0.25) is 0 Å². The molecule has 9 heteroatoms. The first-order chi connectivity index (χ1) is 13.9. The molecule has 29 heavy (non-hydrogen) atoms. The van der Waals surface area contributed by atoms with Crippen molar-refractivity contribution in [3.63, 3.8) is 0 Å². The zero-order valence-corrected chi connectivity index (χ0v) is 18.4. The van der Waals surface area contributed by atoms with Gasteiger partial charge in [0.15, 0.2) is 10.8 Å². The van der Waals surface area contributed by atoms with E-state index in [1.165, 1.54) is 23.5 Å². The van der Waals surface area contributed by atoms with E-state index in [1.807, 2.05) is 12.3 Å². The summed E-state index contributed by atoms with van der Waals surface area (Å²) in [6.45, 7) is 3.80. The number of carbonyl (C=O) groups excluding carboxylic acids is 1. The second-order valence-electron chi connectivity index (χ2n) is 6.61. The highest BCUT2D eigenvalue weighted by Gasteiger charge is 2.34. The van der Waals surface area contributed by atoms with Gasteiger partial charge >= 0.3 is 5.97 Å². The molecule has 2 N–H and O–H groups in total. The molecule has 0 saturated carbocycles. The Bertz CT molecular complexity index is 946. The van der Waals surface area contributed by atoms with Gasteiger partial charge in [-0.3, -0.25) is 4.99 Å². The molecule has 1 unspecified atom stereocenters. The molecule has 0 radical (unpaired) electrons. The van der Waals surface area contributed by atoms with Gasteiger partial charge < -0.3 is 15.2 Å². The second-order valence-corrected chi connectivity index (χ2v) is 8.36. The van der Waals surface area contributed by atoms with Gasteiger partial charge in [0.05, 0.1) is 12.2 Å².